The lowest BCUT2D eigenvalue weighted by molar-refractivity contribution is -0.105. The van der Waals surface area contributed by atoms with Gasteiger partial charge in [-0.05, 0) is 37.0 Å². The first-order valence-corrected chi connectivity index (χ1v) is 8.67. The Morgan fingerprint density at radius 3 is 2.33 bits per heavy atom. The number of para-hydroxylation sites is 2. The number of hydrogen-bond donors (Lipinski definition) is 2. The number of amides is 1. The molecular formula is C20H25N3O. The van der Waals surface area contributed by atoms with Crippen LogP contribution >= 0.6 is 0 Å². The molecule has 4 heteroatoms. The predicted octanol–water partition coefficient (Wildman–Crippen LogP) is 3.37. The summed E-state index contributed by atoms with van der Waals surface area (Å²) in [6, 6.07) is 19.0. The van der Waals surface area contributed by atoms with Crippen LogP contribution in [0, 0.1) is 0 Å². The fourth-order valence-corrected chi connectivity index (χ4v) is 3.25. The van der Waals surface area contributed by atoms with E-state index < -0.39 is 0 Å². The highest BCUT2D eigenvalue weighted by Gasteiger charge is 2.19. The van der Waals surface area contributed by atoms with Gasteiger partial charge in [0, 0.05) is 25.7 Å². The van der Waals surface area contributed by atoms with Crippen molar-refractivity contribution >= 4 is 17.8 Å². The Morgan fingerprint density at radius 1 is 0.958 bits per heavy atom. The zero-order valence-corrected chi connectivity index (χ0v) is 13.9. The topological polar surface area (TPSA) is 44.4 Å². The van der Waals surface area contributed by atoms with Crippen molar-refractivity contribution in [1.29, 1.82) is 0 Å². The third-order valence-corrected chi connectivity index (χ3v) is 4.65. The summed E-state index contributed by atoms with van der Waals surface area (Å²) in [7, 11) is 0. The second-order valence-corrected chi connectivity index (χ2v) is 6.30. The van der Waals surface area contributed by atoms with Crippen LogP contribution in [-0.4, -0.2) is 37.0 Å². The molecule has 1 heterocycles. The van der Waals surface area contributed by atoms with Gasteiger partial charge in [0.1, 0.15) is 0 Å². The lowest BCUT2D eigenvalue weighted by Gasteiger charge is -2.33. The highest BCUT2D eigenvalue weighted by atomic mass is 16.1. The lowest BCUT2D eigenvalue weighted by atomic mass is 10.0. The Labute approximate surface area is 143 Å². The number of nitrogens with zero attached hydrogens (tertiary/aromatic N) is 1. The SMILES string of the molecule is O=CNc1ccccc1NC1CCN(CCc2ccccc2)CC1. The van der Waals surface area contributed by atoms with E-state index in [0.717, 1.165) is 56.7 Å². The summed E-state index contributed by atoms with van der Waals surface area (Å²) < 4.78 is 0. The zero-order valence-electron chi connectivity index (χ0n) is 13.9. The van der Waals surface area contributed by atoms with Gasteiger partial charge in [0.2, 0.25) is 6.41 Å². The Bertz CT molecular complexity index is 636. The van der Waals surface area contributed by atoms with Crippen molar-refractivity contribution < 1.29 is 4.79 Å². The molecule has 0 spiro atoms. The Balaban J connectivity index is 1.46. The number of nitrogens with one attached hydrogen (secondary N) is 2. The number of carbonyl (C=O) groups excluding carboxylic acids is 1. The molecule has 126 valence electrons. The van der Waals surface area contributed by atoms with Crippen LogP contribution in [0.5, 0.6) is 0 Å². The van der Waals surface area contributed by atoms with Gasteiger partial charge >= 0.3 is 0 Å². The molecule has 0 aliphatic carbocycles. The molecule has 1 fully saturated rings. The normalized spacial score (nSPS) is 15.8. The Hall–Kier alpha value is -2.33. The molecule has 1 aliphatic rings. The van der Waals surface area contributed by atoms with E-state index in [1.54, 1.807) is 0 Å². The van der Waals surface area contributed by atoms with E-state index >= 15 is 0 Å². The van der Waals surface area contributed by atoms with Gasteiger partial charge in [-0.2, -0.15) is 0 Å². The molecule has 0 radical (unpaired) electrons. The number of rotatable bonds is 7. The fourth-order valence-electron chi connectivity index (χ4n) is 3.25. The second-order valence-electron chi connectivity index (χ2n) is 6.30. The third kappa shape index (κ3) is 4.59. The van der Waals surface area contributed by atoms with Crippen LogP contribution in [0.15, 0.2) is 54.6 Å². The summed E-state index contributed by atoms with van der Waals surface area (Å²) in [5.41, 5.74) is 3.26. The van der Waals surface area contributed by atoms with Crippen molar-refractivity contribution in [2.45, 2.75) is 25.3 Å². The van der Waals surface area contributed by atoms with Crippen LogP contribution in [0.2, 0.25) is 0 Å². The van der Waals surface area contributed by atoms with E-state index in [2.05, 4.69) is 45.9 Å². The lowest BCUT2D eigenvalue weighted by Crippen LogP contribution is -2.40. The van der Waals surface area contributed by atoms with E-state index in [-0.39, 0.29) is 0 Å². The van der Waals surface area contributed by atoms with Crippen molar-refractivity contribution in [3.05, 3.63) is 60.2 Å². The maximum absolute atomic E-state index is 10.7. The summed E-state index contributed by atoms with van der Waals surface area (Å²) in [6.45, 7) is 3.36. The van der Waals surface area contributed by atoms with Crippen LogP contribution < -0.4 is 10.6 Å². The summed E-state index contributed by atoms with van der Waals surface area (Å²) in [5, 5.41) is 6.34. The molecule has 24 heavy (non-hydrogen) atoms. The molecule has 4 nitrogen and oxygen atoms in total. The number of anilines is 2. The minimum atomic E-state index is 0.465. The largest absolute Gasteiger partial charge is 0.381 e. The van der Waals surface area contributed by atoms with Gasteiger partial charge in [0.05, 0.1) is 11.4 Å². The van der Waals surface area contributed by atoms with Crippen molar-refractivity contribution in [2.24, 2.45) is 0 Å². The van der Waals surface area contributed by atoms with Crippen molar-refractivity contribution in [1.82, 2.24) is 4.90 Å². The van der Waals surface area contributed by atoms with Crippen LogP contribution in [0.3, 0.4) is 0 Å². The molecular weight excluding hydrogens is 298 g/mol. The van der Waals surface area contributed by atoms with E-state index in [0.29, 0.717) is 6.04 Å². The summed E-state index contributed by atoms with van der Waals surface area (Å²) in [5.74, 6) is 0. The van der Waals surface area contributed by atoms with Gasteiger partial charge in [0.25, 0.3) is 0 Å². The zero-order chi connectivity index (χ0) is 16.6. The molecule has 1 amide bonds. The molecule has 2 aromatic carbocycles. The molecule has 0 atom stereocenters. The predicted molar refractivity (Wildman–Crippen MR) is 99.4 cm³/mol. The number of hydrogen-bond acceptors (Lipinski definition) is 3. The molecule has 0 aromatic heterocycles. The maximum Gasteiger partial charge on any atom is 0.211 e. The van der Waals surface area contributed by atoms with Crippen LogP contribution in [0.4, 0.5) is 11.4 Å². The minimum absolute atomic E-state index is 0.465. The highest BCUT2D eigenvalue weighted by Crippen LogP contribution is 2.24. The summed E-state index contributed by atoms with van der Waals surface area (Å²) in [4.78, 5) is 13.2. The molecule has 1 saturated heterocycles. The van der Waals surface area contributed by atoms with Gasteiger partial charge in [-0.1, -0.05) is 42.5 Å². The fraction of sp³-hybridized carbons (Fsp3) is 0.350. The molecule has 2 aromatic rings. The smallest absolute Gasteiger partial charge is 0.211 e. The minimum Gasteiger partial charge on any atom is -0.381 e. The Morgan fingerprint density at radius 2 is 1.62 bits per heavy atom. The first-order valence-electron chi connectivity index (χ1n) is 8.67. The average Bonchev–Trinajstić information content (AvgIpc) is 2.64. The molecule has 0 bridgehead atoms. The Kier molecular flexibility index (Phi) is 5.85. The first kappa shape index (κ1) is 16.5. The first-order chi connectivity index (χ1) is 11.8. The van der Waals surface area contributed by atoms with Gasteiger partial charge in [-0.25, -0.2) is 0 Å². The maximum atomic E-state index is 10.7. The van der Waals surface area contributed by atoms with Crippen LogP contribution in [0.1, 0.15) is 18.4 Å². The number of carbonyl (C=O) groups is 1. The average molecular weight is 323 g/mol. The number of likely N-dealkylation sites (tertiary alicyclic amines) is 1. The molecule has 3 rings (SSSR count). The summed E-state index contributed by atoms with van der Waals surface area (Å²) >= 11 is 0. The molecule has 2 N–H and O–H groups in total. The number of piperidine rings is 1. The van der Waals surface area contributed by atoms with Crippen molar-refractivity contribution in [3.8, 4) is 0 Å². The van der Waals surface area contributed by atoms with E-state index in [4.69, 9.17) is 0 Å². The number of benzene rings is 2. The van der Waals surface area contributed by atoms with Crippen molar-refractivity contribution in [3.63, 3.8) is 0 Å². The van der Waals surface area contributed by atoms with Crippen LogP contribution in [-0.2, 0) is 11.2 Å². The highest BCUT2D eigenvalue weighted by molar-refractivity contribution is 5.80. The third-order valence-electron chi connectivity index (χ3n) is 4.65. The van der Waals surface area contributed by atoms with Gasteiger partial charge in [-0.15, -0.1) is 0 Å². The van der Waals surface area contributed by atoms with Gasteiger partial charge < -0.3 is 15.5 Å². The van der Waals surface area contributed by atoms with Gasteiger partial charge in [0.15, 0.2) is 0 Å². The van der Waals surface area contributed by atoms with E-state index in [1.165, 1.54) is 5.56 Å². The summed E-state index contributed by atoms with van der Waals surface area (Å²) in [6.07, 6.45) is 4.10. The molecule has 0 saturated carbocycles. The quantitative estimate of drug-likeness (QED) is 0.768. The molecule has 1 aliphatic heterocycles. The monoisotopic (exact) mass is 323 g/mol. The van der Waals surface area contributed by atoms with E-state index in [9.17, 15) is 4.79 Å². The molecule has 0 unspecified atom stereocenters. The van der Waals surface area contributed by atoms with Gasteiger partial charge in [-0.3, -0.25) is 4.79 Å². The second kappa shape index (κ2) is 8.50. The standard InChI is InChI=1S/C20H25N3O/c24-16-21-19-8-4-5-9-20(19)22-18-11-14-23(15-12-18)13-10-17-6-2-1-3-7-17/h1-9,16,18,22H,10-15H2,(H,21,24). The van der Waals surface area contributed by atoms with Crippen molar-refractivity contribution in [2.75, 3.05) is 30.3 Å². The van der Waals surface area contributed by atoms with Crippen LogP contribution in [0.25, 0.3) is 0 Å². The van der Waals surface area contributed by atoms with E-state index in [1.807, 2.05) is 24.3 Å².